The molecule has 1 aromatic carbocycles. The molecule has 2 rings (SSSR count). The summed E-state index contributed by atoms with van der Waals surface area (Å²) in [6, 6.07) is 9.87. The Bertz CT molecular complexity index is 490. The number of pyridine rings is 1. The van der Waals surface area contributed by atoms with Crippen molar-refractivity contribution >= 4 is 11.8 Å². The molecule has 0 aliphatic rings. The molecule has 4 heteroatoms. The Kier molecular flexibility index (Phi) is 3.54. The third-order valence-corrected chi connectivity index (χ3v) is 3.08. The fourth-order valence-corrected chi connectivity index (χ4v) is 2.20. The predicted octanol–water partition coefficient (Wildman–Crippen LogP) is 2.86. The summed E-state index contributed by atoms with van der Waals surface area (Å²) in [6.07, 6.45) is 1.65. The quantitative estimate of drug-likeness (QED) is 0.888. The van der Waals surface area contributed by atoms with Gasteiger partial charge in [-0.05, 0) is 24.3 Å². The Labute approximate surface area is 97.2 Å². The molecule has 0 unspecified atom stereocenters. The monoisotopic (exact) mass is 235 g/mol. The van der Waals surface area contributed by atoms with Gasteiger partial charge in [-0.1, -0.05) is 23.9 Å². The van der Waals surface area contributed by atoms with Crippen molar-refractivity contribution < 1.29 is 9.50 Å². The van der Waals surface area contributed by atoms with Crippen LogP contribution in [0.2, 0.25) is 0 Å². The molecule has 1 heterocycles. The molecule has 0 spiro atoms. The lowest BCUT2D eigenvalue weighted by Gasteiger charge is -2.05. The summed E-state index contributed by atoms with van der Waals surface area (Å²) < 4.78 is 13.0. The molecule has 82 valence electrons. The van der Waals surface area contributed by atoms with E-state index in [4.69, 9.17) is 5.11 Å². The van der Waals surface area contributed by atoms with E-state index >= 15 is 0 Å². The minimum atomic E-state index is -0.272. The van der Waals surface area contributed by atoms with Crippen LogP contribution in [0.3, 0.4) is 0 Å². The topological polar surface area (TPSA) is 33.1 Å². The molecule has 1 aromatic heterocycles. The van der Waals surface area contributed by atoms with E-state index in [2.05, 4.69) is 4.98 Å². The molecule has 0 saturated carbocycles. The number of nitrogens with zero attached hydrogens (tertiary/aromatic N) is 1. The normalized spacial score (nSPS) is 10.4. The number of benzene rings is 1. The number of halogens is 1. The zero-order valence-electron chi connectivity index (χ0n) is 8.43. The number of aliphatic hydroxyl groups is 1. The van der Waals surface area contributed by atoms with Gasteiger partial charge in [0.2, 0.25) is 0 Å². The highest BCUT2D eigenvalue weighted by molar-refractivity contribution is 7.99. The SMILES string of the molecule is OCc1cccnc1Sc1cccc(F)c1. The van der Waals surface area contributed by atoms with E-state index in [-0.39, 0.29) is 12.4 Å². The van der Waals surface area contributed by atoms with Crippen LogP contribution >= 0.6 is 11.8 Å². The second kappa shape index (κ2) is 5.09. The number of hydrogen-bond donors (Lipinski definition) is 1. The number of hydrogen-bond acceptors (Lipinski definition) is 3. The zero-order valence-corrected chi connectivity index (χ0v) is 9.25. The van der Waals surface area contributed by atoms with Crippen molar-refractivity contribution in [1.82, 2.24) is 4.98 Å². The minimum absolute atomic E-state index is 0.0640. The molecule has 2 nitrogen and oxygen atoms in total. The van der Waals surface area contributed by atoms with Crippen LogP contribution in [-0.4, -0.2) is 10.1 Å². The Morgan fingerprint density at radius 3 is 2.88 bits per heavy atom. The highest BCUT2D eigenvalue weighted by Gasteiger charge is 2.04. The van der Waals surface area contributed by atoms with Gasteiger partial charge in [0.25, 0.3) is 0 Å². The predicted molar refractivity (Wildman–Crippen MR) is 60.7 cm³/mol. The standard InChI is InChI=1S/C12H10FNOS/c13-10-4-1-5-11(7-10)16-12-9(8-15)3-2-6-14-12/h1-7,15H,8H2. The van der Waals surface area contributed by atoms with Crippen LogP contribution in [0, 0.1) is 5.82 Å². The molecule has 1 N–H and O–H groups in total. The third-order valence-electron chi connectivity index (χ3n) is 2.03. The maximum Gasteiger partial charge on any atom is 0.124 e. The average molecular weight is 235 g/mol. The van der Waals surface area contributed by atoms with Gasteiger partial charge in [-0.2, -0.15) is 0 Å². The molecule has 2 aromatic rings. The van der Waals surface area contributed by atoms with Crippen LogP contribution in [0.4, 0.5) is 4.39 Å². The Morgan fingerprint density at radius 1 is 1.25 bits per heavy atom. The van der Waals surface area contributed by atoms with Crippen molar-refractivity contribution in [2.45, 2.75) is 16.5 Å². The van der Waals surface area contributed by atoms with Gasteiger partial charge in [0, 0.05) is 16.7 Å². The van der Waals surface area contributed by atoms with Crippen molar-refractivity contribution in [2.75, 3.05) is 0 Å². The van der Waals surface area contributed by atoms with Gasteiger partial charge in [0.1, 0.15) is 10.8 Å². The molecular weight excluding hydrogens is 225 g/mol. The number of aliphatic hydroxyl groups excluding tert-OH is 1. The first-order chi connectivity index (χ1) is 7.79. The molecule has 0 fully saturated rings. The van der Waals surface area contributed by atoms with Gasteiger partial charge in [0.15, 0.2) is 0 Å². The average Bonchev–Trinajstić information content (AvgIpc) is 2.30. The summed E-state index contributed by atoms with van der Waals surface area (Å²) >= 11 is 1.34. The fourth-order valence-electron chi connectivity index (χ4n) is 1.28. The van der Waals surface area contributed by atoms with Crippen molar-refractivity contribution in [3.05, 3.63) is 54.0 Å². The Balaban J connectivity index is 2.26. The van der Waals surface area contributed by atoms with Crippen LogP contribution in [0.15, 0.2) is 52.5 Å². The van der Waals surface area contributed by atoms with Crippen molar-refractivity contribution in [3.63, 3.8) is 0 Å². The second-order valence-corrected chi connectivity index (χ2v) is 4.25. The molecule has 0 amide bonds. The van der Waals surface area contributed by atoms with Gasteiger partial charge in [-0.15, -0.1) is 0 Å². The Hall–Kier alpha value is -1.39. The summed E-state index contributed by atoms with van der Waals surface area (Å²) in [6.45, 7) is -0.0640. The van der Waals surface area contributed by atoms with E-state index in [1.807, 2.05) is 6.07 Å². The van der Waals surface area contributed by atoms with Gasteiger partial charge in [-0.25, -0.2) is 9.37 Å². The van der Waals surface area contributed by atoms with Crippen molar-refractivity contribution in [1.29, 1.82) is 0 Å². The van der Waals surface area contributed by atoms with Crippen LogP contribution in [0.1, 0.15) is 5.56 Å². The highest BCUT2D eigenvalue weighted by Crippen LogP contribution is 2.28. The number of rotatable bonds is 3. The fraction of sp³-hybridized carbons (Fsp3) is 0.0833. The third kappa shape index (κ3) is 2.59. The molecule has 0 atom stereocenters. The summed E-state index contributed by atoms with van der Waals surface area (Å²) in [5.74, 6) is -0.272. The van der Waals surface area contributed by atoms with E-state index in [0.29, 0.717) is 5.03 Å². The second-order valence-electron chi connectivity index (χ2n) is 3.19. The molecule has 0 aliphatic heterocycles. The molecule has 16 heavy (non-hydrogen) atoms. The minimum Gasteiger partial charge on any atom is -0.392 e. The van der Waals surface area contributed by atoms with E-state index in [1.54, 1.807) is 24.4 Å². The summed E-state index contributed by atoms with van der Waals surface area (Å²) in [4.78, 5) is 4.93. The lowest BCUT2D eigenvalue weighted by atomic mass is 10.3. The lowest BCUT2D eigenvalue weighted by Crippen LogP contribution is -1.90. The molecule has 0 aliphatic carbocycles. The van der Waals surface area contributed by atoms with Crippen LogP contribution < -0.4 is 0 Å². The van der Waals surface area contributed by atoms with Gasteiger partial charge in [0.05, 0.1) is 6.61 Å². The molecule has 0 saturated heterocycles. The van der Waals surface area contributed by atoms with Crippen LogP contribution in [-0.2, 0) is 6.61 Å². The summed E-state index contributed by atoms with van der Waals surface area (Å²) in [7, 11) is 0. The molecular formula is C12H10FNOS. The largest absolute Gasteiger partial charge is 0.392 e. The Morgan fingerprint density at radius 2 is 2.12 bits per heavy atom. The number of aromatic nitrogens is 1. The van der Waals surface area contributed by atoms with Crippen LogP contribution in [0.5, 0.6) is 0 Å². The maximum absolute atomic E-state index is 13.0. The van der Waals surface area contributed by atoms with Crippen molar-refractivity contribution in [2.24, 2.45) is 0 Å². The summed E-state index contributed by atoms with van der Waals surface area (Å²) in [5, 5.41) is 9.83. The van der Waals surface area contributed by atoms with Crippen LogP contribution in [0.25, 0.3) is 0 Å². The first-order valence-electron chi connectivity index (χ1n) is 4.78. The molecule has 0 radical (unpaired) electrons. The van der Waals surface area contributed by atoms with E-state index < -0.39 is 0 Å². The van der Waals surface area contributed by atoms with Crippen molar-refractivity contribution in [3.8, 4) is 0 Å². The maximum atomic E-state index is 13.0. The highest BCUT2D eigenvalue weighted by atomic mass is 32.2. The van der Waals surface area contributed by atoms with Gasteiger partial charge < -0.3 is 5.11 Å². The van der Waals surface area contributed by atoms with E-state index in [0.717, 1.165) is 10.5 Å². The van der Waals surface area contributed by atoms with Gasteiger partial charge >= 0.3 is 0 Å². The zero-order chi connectivity index (χ0) is 11.4. The van der Waals surface area contributed by atoms with E-state index in [1.165, 1.54) is 23.9 Å². The molecule has 0 bridgehead atoms. The van der Waals surface area contributed by atoms with E-state index in [9.17, 15) is 4.39 Å². The first-order valence-corrected chi connectivity index (χ1v) is 5.59. The lowest BCUT2D eigenvalue weighted by molar-refractivity contribution is 0.278. The smallest absolute Gasteiger partial charge is 0.124 e. The summed E-state index contributed by atoms with van der Waals surface area (Å²) in [5.41, 5.74) is 0.747. The first kappa shape index (κ1) is 11.1. The van der Waals surface area contributed by atoms with Gasteiger partial charge in [-0.3, -0.25) is 0 Å².